The minimum absolute atomic E-state index is 0.517. The van der Waals surface area contributed by atoms with Crippen LogP contribution in [-0.2, 0) is 18.9 Å². The second-order valence-electron chi connectivity index (χ2n) is 7.02. The third-order valence-electron chi connectivity index (χ3n) is 4.77. The fourth-order valence-electron chi connectivity index (χ4n) is 3.58. The zero-order chi connectivity index (χ0) is 20.4. The summed E-state index contributed by atoms with van der Waals surface area (Å²) in [4.78, 5) is 0. The molecule has 0 bridgehead atoms. The predicted octanol–water partition coefficient (Wildman–Crippen LogP) is 6.98. The number of unbranched alkanes of at least 4 members (excludes halogenated alkanes) is 5. The highest BCUT2D eigenvalue weighted by molar-refractivity contribution is 4.94. The molecule has 0 fully saturated rings. The van der Waals surface area contributed by atoms with Gasteiger partial charge in [0.1, 0.15) is 0 Å². The number of allylic oxidation sites excluding steroid dienone is 1. The predicted molar refractivity (Wildman–Crippen MR) is 114 cm³/mol. The molecule has 0 heterocycles. The summed E-state index contributed by atoms with van der Waals surface area (Å²) in [5, 5.41) is 0. The molecule has 0 aliphatic carbocycles. The average molecular weight is 387 g/mol. The second-order valence-corrected chi connectivity index (χ2v) is 7.02. The average Bonchev–Trinajstić information content (AvgIpc) is 2.65. The third-order valence-corrected chi connectivity index (χ3v) is 4.77. The molecule has 0 aliphatic heterocycles. The van der Waals surface area contributed by atoms with Crippen molar-refractivity contribution in [1.82, 2.24) is 0 Å². The van der Waals surface area contributed by atoms with E-state index in [1.54, 1.807) is 0 Å². The summed E-state index contributed by atoms with van der Waals surface area (Å²) in [6.07, 6.45) is 14.9. The maximum Gasteiger partial charge on any atom is 0.325 e. The summed E-state index contributed by atoms with van der Waals surface area (Å²) in [5.74, 6) is -1.16. The van der Waals surface area contributed by atoms with Crippen molar-refractivity contribution < 1.29 is 18.9 Å². The van der Waals surface area contributed by atoms with Crippen molar-refractivity contribution in [3.05, 3.63) is 12.3 Å². The first-order chi connectivity index (χ1) is 13.1. The van der Waals surface area contributed by atoms with Crippen LogP contribution in [0.25, 0.3) is 0 Å². The fraction of sp³-hybridized carbons (Fsp3) is 0.913. The maximum atomic E-state index is 6.41. The molecular weight excluding hydrogens is 340 g/mol. The summed E-state index contributed by atoms with van der Waals surface area (Å²) in [6.45, 7) is 14.0. The fourth-order valence-corrected chi connectivity index (χ4v) is 3.58. The first-order valence-electron chi connectivity index (χ1n) is 11.4. The number of hydrogen-bond donors (Lipinski definition) is 0. The quantitative estimate of drug-likeness (QED) is 0.136. The molecule has 162 valence electrons. The van der Waals surface area contributed by atoms with E-state index >= 15 is 0 Å². The van der Waals surface area contributed by atoms with Crippen LogP contribution >= 0.6 is 0 Å². The molecule has 27 heavy (non-hydrogen) atoms. The minimum atomic E-state index is -1.16. The molecule has 0 rings (SSSR count). The van der Waals surface area contributed by atoms with E-state index in [-0.39, 0.29) is 0 Å². The van der Waals surface area contributed by atoms with Crippen LogP contribution in [0.15, 0.2) is 12.3 Å². The van der Waals surface area contributed by atoms with Crippen molar-refractivity contribution in [1.29, 1.82) is 0 Å². The first kappa shape index (κ1) is 26.4. The largest absolute Gasteiger partial charge is 0.487 e. The summed E-state index contributed by atoms with van der Waals surface area (Å²) in [7, 11) is 0. The van der Waals surface area contributed by atoms with Gasteiger partial charge >= 0.3 is 5.97 Å². The Kier molecular flexibility index (Phi) is 16.0. The van der Waals surface area contributed by atoms with Crippen LogP contribution in [0.1, 0.15) is 106 Å². The molecule has 0 N–H and O–H groups in total. The van der Waals surface area contributed by atoms with Gasteiger partial charge in [-0.15, -0.1) is 0 Å². The standard InChI is InChI=1S/C23H46O4/c1-7-13-15-16-17-18-20-22(19-9-3,27-21-14-8-2)23(24-10-4,25-11-5)26-12-6/h14,21H,7-13,15-20H2,1-6H3. The molecule has 0 amide bonds. The van der Waals surface area contributed by atoms with Gasteiger partial charge in [-0.3, -0.25) is 0 Å². The van der Waals surface area contributed by atoms with E-state index < -0.39 is 11.6 Å². The zero-order valence-corrected chi connectivity index (χ0v) is 19.0. The highest BCUT2D eigenvalue weighted by Crippen LogP contribution is 2.41. The molecule has 0 aromatic heterocycles. The molecule has 1 atom stereocenters. The van der Waals surface area contributed by atoms with Gasteiger partial charge in [0.2, 0.25) is 0 Å². The van der Waals surface area contributed by atoms with Crippen molar-refractivity contribution in [2.75, 3.05) is 19.8 Å². The number of hydrogen-bond acceptors (Lipinski definition) is 4. The monoisotopic (exact) mass is 386 g/mol. The van der Waals surface area contributed by atoms with E-state index in [4.69, 9.17) is 18.9 Å². The van der Waals surface area contributed by atoms with Crippen LogP contribution in [0.2, 0.25) is 0 Å². The minimum Gasteiger partial charge on any atom is -0.487 e. The van der Waals surface area contributed by atoms with Crippen molar-refractivity contribution in [3.63, 3.8) is 0 Å². The zero-order valence-electron chi connectivity index (χ0n) is 19.0. The van der Waals surface area contributed by atoms with E-state index in [2.05, 4.69) is 20.8 Å². The third kappa shape index (κ3) is 8.97. The Morgan fingerprint density at radius 3 is 1.67 bits per heavy atom. The van der Waals surface area contributed by atoms with Gasteiger partial charge in [-0.1, -0.05) is 65.4 Å². The molecule has 4 heteroatoms. The van der Waals surface area contributed by atoms with Crippen LogP contribution in [0.5, 0.6) is 0 Å². The lowest BCUT2D eigenvalue weighted by atomic mass is 9.87. The van der Waals surface area contributed by atoms with Gasteiger partial charge in [-0.05, 0) is 46.5 Å². The summed E-state index contributed by atoms with van der Waals surface area (Å²) < 4.78 is 24.9. The molecule has 0 saturated heterocycles. The Morgan fingerprint density at radius 2 is 1.19 bits per heavy atom. The van der Waals surface area contributed by atoms with Crippen molar-refractivity contribution in [2.24, 2.45) is 0 Å². The molecule has 0 spiro atoms. The lowest BCUT2D eigenvalue weighted by molar-refractivity contribution is -0.441. The maximum absolute atomic E-state index is 6.41. The summed E-state index contributed by atoms with van der Waals surface area (Å²) in [5.41, 5.74) is -0.639. The molecule has 0 aromatic carbocycles. The van der Waals surface area contributed by atoms with E-state index in [1.807, 2.05) is 33.1 Å². The van der Waals surface area contributed by atoms with Gasteiger partial charge in [0.15, 0.2) is 5.60 Å². The smallest absolute Gasteiger partial charge is 0.325 e. The van der Waals surface area contributed by atoms with Gasteiger partial charge in [0.25, 0.3) is 0 Å². The Labute approximate surface area is 169 Å². The Hall–Kier alpha value is -0.580. The molecule has 1 unspecified atom stereocenters. The van der Waals surface area contributed by atoms with E-state index in [0.29, 0.717) is 19.8 Å². The van der Waals surface area contributed by atoms with Crippen LogP contribution in [-0.4, -0.2) is 31.4 Å². The molecule has 0 aliphatic rings. The topological polar surface area (TPSA) is 36.9 Å². The van der Waals surface area contributed by atoms with Crippen molar-refractivity contribution >= 4 is 0 Å². The Bertz CT molecular complexity index is 339. The lowest BCUT2D eigenvalue weighted by Crippen LogP contribution is -2.60. The first-order valence-corrected chi connectivity index (χ1v) is 11.4. The van der Waals surface area contributed by atoms with Gasteiger partial charge in [-0.25, -0.2) is 0 Å². The lowest BCUT2D eigenvalue weighted by Gasteiger charge is -2.47. The highest BCUT2D eigenvalue weighted by atomic mass is 16.9. The Morgan fingerprint density at radius 1 is 0.630 bits per heavy atom. The van der Waals surface area contributed by atoms with Gasteiger partial charge in [0, 0.05) is 19.8 Å². The Balaban J connectivity index is 5.57. The van der Waals surface area contributed by atoms with Crippen LogP contribution in [0.3, 0.4) is 0 Å². The van der Waals surface area contributed by atoms with Crippen molar-refractivity contribution in [3.8, 4) is 0 Å². The molecule has 0 radical (unpaired) electrons. The van der Waals surface area contributed by atoms with E-state index in [9.17, 15) is 0 Å². The van der Waals surface area contributed by atoms with Crippen LogP contribution < -0.4 is 0 Å². The van der Waals surface area contributed by atoms with Crippen LogP contribution in [0, 0.1) is 0 Å². The normalized spacial score (nSPS) is 14.6. The summed E-state index contributed by atoms with van der Waals surface area (Å²) >= 11 is 0. The van der Waals surface area contributed by atoms with Gasteiger partial charge in [-0.2, -0.15) is 0 Å². The van der Waals surface area contributed by atoms with E-state index in [1.165, 1.54) is 32.1 Å². The molecular formula is C23H46O4. The summed E-state index contributed by atoms with van der Waals surface area (Å²) in [6, 6.07) is 0. The number of ether oxygens (including phenoxy) is 4. The van der Waals surface area contributed by atoms with Crippen molar-refractivity contribution in [2.45, 2.75) is 117 Å². The van der Waals surface area contributed by atoms with Gasteiger partial charge in [0.05, 0.1) is 6.26 Å². The molecule has 0 aromatic rings. The second kappa shape index (κ2) is 16.4. The highest BCUT2D eigenvalue weighted by Gasteiger charge is 2.56. The molecule has 0 saturated carbocycles. The van der Waals surface area contributed by atoms with Crippen LogP contribution in [0.4, 0.5) is 0 Å². The number of rotatable bonds is 19. The molecule has 4 nitrogen and oxygen atoms in total. The SMILES string of the molecule is CCC=COC(CCC)(CCCCCCCC)C(OCC)(OCC)OCC. The van der Waals surface area contributed by atoms with Gasteiger partial charge < -0.3 is 18.9 Å². The van der Waals surface area contributed by atoms with E-state index in [0.717, 1.165) is 32.1 Å².